The minimum absolute atomic E-state index is 0.0585. The minimum atomic E-state index is -0.0585. The highest BCUT2D eigenvalue weighted by molar-refractivity contribution is 7.13. The Labute approximate surface area is 166 Å². The molecule has 10 heteroatoms. The summed E-state index contributed by atoms with van der Waals surface area (Å²) in [5.74, 6) is 1.04. The number of piperidine rings is 1. The van der Waals surface area contributed by atoms with Crippen molar-refractivity contribution in [3.8, 4) is 0 Å². The lowest BCUT2D eigenvalue weighted by Crippen LogP contribution is -2.39. The number of thiazole rings is 1. The first-order chi connectivity index (χ1) is 13.7. The van der Waals surface area contributed by atoms with E-state index < -0.39 is 0 Å². The first kappa shape index (κ1) is 18.5. The van der Waals surface area contributed by atoms with Crippen LogP contribution >= 0.6 is 11.3 Å². The van der Waals surface area contributed by atoms with Crippen molar-refractivity contribution in [2.75, 3.05) is 23.7 Å². The molecule has 2 N–H and O–H groups in total. The smallest absolute Gasteiger partial charge is 0.239 e. The molecule has 9 nitrogen and oxygen atoms in total. The van der Waals surface area contributed by atoms with E-state index in [4.69, 9.17) is 4.98 Å². The normalized spacial score (nSPS) is 17.4. The van der Waals surface area contributed by atoms with Gasteiger partial charge in [-0.05, 0) is 25.5 Å². The molecule has 1 saturated heterocycles. The maximum absolute atomic E-state index is 12.5. The van der Waals surface area contributed by atoms with Crippen LogP contribution in [-0.2, 0) is 11.8 Å². The van der Waals surface area contributed by atoms with E-state index >= 15 is 0 Å². The van der Waals surface area contributed by atoms with Gasteiger partial charge >= 0.3 is 0 Å². The molecule has 1 aliphatic rings. The lowest BCUT2D eigenvalue weighted by atomic mass is 10.00. The predicted molar refractivity (Wildman–Crippen MR) is 107 cm³/mol. The zero-order valence-electron chi connectivity index (χ0n) is 15.6. The Morgan fingerprint density at radius 1 is 1.32 bits per heavy atom. The van der Waals surface area contributed by atoms with Crippen LogP contribution in [-0.4, -0.2) is 48.6 Å². The third kappa shape index (κ3) is 4.52. The third-order valence-corrected chi connectivity index (χ3v) is 5.37. The van der Waals surface area contributed by atoms with E-state index in [0.29, 0.717) is 18.3 Å². The SMILES string of the molecule is Cn1ccc(NC(=O)CN2CCCCC2c2csc(Nc3ncccn3)n2)n1. The number of nitrogens with zero attached hydrogens (tertiary/aromatic N) is 6. The van der Waals surface area contributed by atoms with E-state index in [1.807, 2.05) is 12.4 Å². The van der Waals surface area contributed by atoms with E-state index in [2.05, 4.69) is 30.6 Å². The van der Waals surface area contributed by atoms with Gasteiger partial charge in [0.1, 0.15) is 0 Å². The maximum Gasteiger partial charge on any atom is 0.239 e. The Kier molecular flexibility index (Phi) is 5.58. The number of aryl methyl sites for hydroxylation is 1. The lowest BCUT2D eigenvalue weighted by molar-refractivity contribution is -0.118. The van der Waals surface area contributed by atoms with Crippen molar-refractivity contribution >= 4 is 34.1 Å². The molecule has 0 aliphatic carbocycles. The molecule has 4 rings (SSSR count). The Morgan fingerprint density at radius 2 is 2.18 bits per heavy atom. The number of hydrogen-bond donors (Lipinski definition) is 2. The summed E-state index contributed by atoms with van der Waals surface area (Å²) in [4.78, 5) is 27.7. The molecule has 146 valence electrons. The maximum atomic E-state index is 12.5. The second-order valence-corrected chi connectivity index (χ2v) is 7.54. The van der Waals surface area contributed by atoms with E-state index in [0.717, 1.165) is 36.6 Å². The Morgan fingerprint density at radius 3 is 2.96 bits per heavy atom. The number of amides is 1. The van der Waals surface area contributed by atoms with Crippen molar-refractivity contribution in [2.45, 2.75) is 25.3 Å². The zero-order valence-corrected chi connectivity index (χ0v) is 16.4. The molecule has 0 saturated carbocycles. The Bertz CT molecular complexity index is 925. The lowest BCUT2D eigenvalue weighted by Gasteiger charge is -2.34. The fourth-order valence-electron chi connectivity index (χ4n) is 3.32. The van der Waals surface area contributed by atoms with E-state index in [9.17, 15) is 4.79 Å². The van der Waals surface area contributed by atoms with Crippen LogP contribution in [0.15, 0.2) is 36.1 Å². The molecule has 0 bridgehead atoms. The minimum Gasteiger partial charge on any atom is -0.308 e. The van der Waals surface area contributed by atoms with Crippen molar-refractivity contribution in [2.24, 2.45) is 7.05 Å². The van der Waals surface area contributed by atoms with Crippen LogP contribution in [0.25, 0.3) is 0 Å². The summed E-state index contributed by atoms with van der Waals surface area (Å²) in [6, 6.07) is 3.69. The van der Waals surface area contributed by atoms with Gasteiger partial charge in [-0.1, -0.05) is 6.42 Å². The van der Waals surface area contributed by atoms with Crippen LogP contribution in [0.5, 0.6) is 0 Å². The second kappa shape index (κ2) is 8.44. The molecule has 0 aromatic carbocycles. The summed E-state index contributed by atoms with van der Waals surface area (Å²) in [7, 11) is 1.82. The topological polar surface area (TPSA) is 101 Å². The molecule has 1 fully saturated rings. The number of carbonyl (C=O) groups excluding carboxylic acids is 1. The van der Waals surface area contributed by atoms with Crippen molar-refractivity contribution in [1.82, 2.24) is 29.6 Å². The number of hydrogen-bond acceptors (Lipinski definition) is 8. The molecule has 1 unspecified atom stereocenters. The number of rotatable bonds is 6. The average Bonchev–Trinajstić information content (AvgIpc) is 3.32. The molecule has 4 heterocycles. The van der Waals surface area contributed by atoms with Gasteiger partial charge in [0, 0.05) is 37.1 Å². The van der Waals surface area contributed by atoms with Crippen LogP contribution in [0, 0.1) is 0 Å². The molecule has 28 heavy (non-hydrogen) atoms. The molecular weight excluding hydrogens is 376 g/mol. The van der Waals surface area contributed by atoms with E-state index in [-0.39, 0.29) is 11.9 Å². The fraction of sp³-hybridized carbons (Fsp3) is 0.389. The van der Waals surface area contributed by atoms with E-state index in [1.54, 1.807) is 35.4 Å². The van der Waals surface area contributed by atoms with Crippen LogP contribution in [0.1, 0.15) is 31.0 Å². The van der Waals surface area contributed by atoms with Gasteiger partial charge in [0.25, 0.3) is 0 Å². The summed E-state index contributed by atoms with van der Waals surface area (Å²) >= 11 is 1.52. The molecule has 0 radical (unpaired) electrons. The summed E-state index contributed by atoms with van der Waals surface area (Å²) in [6.45, 7) is 1.20. The highest BCUT2D eigenvalue weighted by atomic mass is 32.1. The van der Waals surface area contributed by atoms with Crippen molar-refractivity contribution in [1.29, 1.82) is 0 Å². The molecule has 3 aromatic rings. The Balaban J connectivity index is 1.41. The monoisotopic (exact) mass is 398 g/mol. The average molecular weight is 398 g/mol. The highest BCUT2D eigenvalue weighted by Crippen LogP contribution is 2.33. The number of likely N-dealkylation sites (tertiary alicyclic amines) is 1. The third-order valence-electron chi connectivity index (χ3n) is 4.59. The number of nitrogens with one attached hydrogen (secondary N) is 2. The summed E-state index contributed by atoms with van der Waals surface area (Å²) in [5.41, 5.74) is 0.980. The summed E-state index contributed by atoms with van der Waals surface area (Å²) < 4.78 is 1.67. The van der Waals surface area contributed by atoms with Crippen molar-refractivity contribution in [3.63, 3.8) is 0 Å². The molecule has 1 atom stereocenters. The van der Waals surface area contributed by atoms with Crippen LogP contribution < -0.4 is 10.6 Å². The number of anilines is 3. The van der Waals surface area contributed by atoms with Gasteiger partial charge in [-0.15, -0.1) is 11.3 Å². The molecular formula is C18H22N8OS. The van der Waals surface area contributed by atoms with Gasteiger partial charge in [0.2, 0.25) is 11.9 Å². The summed E-state index contributed by atoms with van der Waals surface area (Å²) in [6.07, 6.45) is 8.38. The quantitative estimate of drug-likeness (QED) is 0.658. The fourth-order valence-corrected chi connectivity index (χ4v) is 4.07. The van der Waals surface area contributed by atoms with Gasteiger partial charge in [-0.3, -0.25) is 14.4 Å². The standard InChI is InChI=1S/C18H22N8OS/c1-25-10-6-15(24-25)22-16(27)11-26-9-3-2-5-14(26)13-12-28-18(21-13)23-17-19-7-4-8-20-17/h4,6-8,10,12,14H,2-3,5,9,11H2,1H3,(H,22,24,27)(H,19,20,21,23). The van der Waals surface area contributed by atoms with Crippen LogP contribution in [0.4, 0.5) is 16.9 Å². The highest BCUT2D eigenvalue weighted by Gasteiger charge is 2.27. The predicted octanol–water partition coefficient (Wildman–Crippen LogP) is 2.58. The van der Waals surface area contributed by atoms with Gasteiger partial charge in [-0.25, -0.2) is 15.0 Å². The molecule has 3 aromatic heterocycles. The second-order valence-electron chi connectivity index (χ2n) is 6.68. The molecule has 1 aliphatic heterocycles. The van der Waals surface area contributed by atoms with Gasteiger partial charge < -0.3 is 10.6 Å². The van der Waals surface area contributed by atoms with Crippen molar-refractivity contribution in [3.05, 3.63) is 41.8 Å². The summed E-state index contributed by atoms with van der Waals surface area (Å²) in [5, 5.41) is 13.0. The first-order valence-corrected chi connectivity index (χ1v) is 10.1. The van der Waals surface area contributed by atoms with Crippen LogP contribution in [0.3, 0.4) is 0 Å². The van der Waals surface area contributed by atoms with Crippen molar-refractivity contribution < 1.29 is 4.79 Å². The van der Waals surface area contributed by atoms with Gasteiger partial charge in [0.15, 0.2) is 10.9 Å². The number of aromatic nitrogens is 5. The zero-order chi connectivity index (χ0) is 19.3. The van der Waals surface area contributed by atoms with Gasteiger partial charge in [0.05, 0.1) is 18.3 Å². The van der Waals surface area contributed by atoms with E-state index in [1.165, 1.54) is 11.3 Å². The van der Waals surface area contributed by atoms with Gasteiger partial charge in [-0.2, -0.15) is 5.10 Å². The molecule has 0 spiro atoms. The Hall–Kier alpha value is -2.85. The molecule has 1 amide bonds. The number of carbonyl (C=O) groups is 1. The van der Waals surface area contributed by atoms with Crippen LogP contribution in [0.2, 0.25) is 0 Å². The first-order valence-electron chi connectivity index (χ1n) is 9.20. The largest absolute Gasteiger partial charge is 0.308 e.